The summed E-state index contributed by atoms with van der Waals surface area (Å²) < 4.78 is 32.9. The molecule has 3 heterocycles. The predicted molar refractivity (Wildman–Crippen MR) is 129 cm³/mol. The summed E-state index contributed by atoms with van der Waals surface area (Å²) in [6, 6.07) is 12.3. The number of aromatic nitrogens is 2. The highest BCUT2D eigenvalue weighted by atomic mass is 32.2. The molecule has 1 atom stereocenters. The molecular formula is C24H27N5O5S. The first-order chi connectivity index (χ1) is 16.8. The van der Waals surface area contributed by atoms with E-state index < -0.39 is 10.0 Å². The number of amides is 1. The molecule has 0 N–H and O–H groups in total. The Morgan fingerprint density at radius 3 is 2.43 bits per heavy atom. The van der Waals surface area contributed by atoms with Crippen molar-refractivity contribution in [3.05, 3.63) is 48.0 Å². The van der Waals surface area contributed by atoms with Crippen LogP contribution in [0.3, 0.4) is 0 Å². The van der Waals surface area contributed by atoms with Gasteiger partial charge in [0.1, 0.15) is 10.4 Å². The van der Waals surface area contributed by atoms with E-state index >= 15 is 0 Å². The monoisotopic (exact) mass is 497 g/mol. The molecule has 0 aliphatic carbocycles. The van der Waals surface area contributed by atoms with Gasteiger partial charge in [0.25, 0.3) is 0 Å². The van der Waals surface area contributed by atoms with Gasteiger partial charge in [-0.2, -0.15) is 4.31 Å². The van der Waals surface area contributed by atoms with Crippen molar-refractivity contribution >= 4 is 38.4 Å². The van der Waals surface area contributed by atoms with Crippen molar-refractivity contribution in [3.63, 3.8) is 0 Å². The lowest BCUT2D eigenvalue weighted by Crippen LogP contribution is -2.53. The van der Waals surface area contributed by atoms with E-state index in [0.717, 1.165) is 5.69 Å². The van der Waals surface area contributed by atoms with Crippen LogP contribution in [-0.2, 0) is 14.8 Å². The van der Waals surface area contributed by atoms with Gasteiger partial charge in [-0.1, -0.05) is 6.07 Å². The highest BCUT2D eigenvalue weighted by Crippen LogP contribution is 2.29. The van der Waals surface area contributed by atoms with Crippen LogP contribution in [0.5, 0.6) is 0 Å². The molecule has 35 heavy (non-hydrogen) atoms. The number of piperidine rings is 1. The first kappa shape index (κ1) is 23.4. The summed E-state index contributed by atoms with van der Waals surface area (Å²) in [5.41, 5.74) is 2.28. The highest BCUT2D eigenvalue weighted by molar-refractivity contribution is 7.89. The van der Waals surface area contributed by atoms with Gasteiger partial charge in [0, 0.05) is 50.5 Å². The van der Waals surface area contributed by atoms with Crippen LogP contribution in [0.25, 0.3) is 11.0 Å². The Morgan fingerprint density at radius 2 is 1.71 bits per heavy atom. The summed E-state index contributed by atoms with van der Waals surface area (Å²) >= 11 is 0. The lowest BCUT2D eigenvalue weighted by Gasteiger charge is -2.39. The minimum Gasteiger partial charge on any atom is -0.368 e. The van der Waals surface area contributed by atoms with Crippen LogP contribution in [0, 0.1) is 5.92 Å². The fraction of sp³-hybridized carbons (Fsp3) is 0.417. The average molecular weight is 498 g/mol. The highest BCUT2D eigenvalue weighted by Gasteiger charge is 2.37. The van der Waals surface area contributed by atoms with E-state index in [2.05, 4.69) is 15.2 Å². The van der Waals surface area contributed by atoms with E-state index in [1.54, 1.807) is 19.1 Å². The molecule has 0 unspecified atom stereocenters. The number of hydrogen-bond acceptors (Lipinski definition) is 8. The molecule has 0 saturated carbocycles. The average Bonchev–Trinajstić information content (AvgIpc) is 3.37. The van der Waals surface area contributed by atoms with Crippen LogP contribution in [-0.4, -0.2) is 78.9 Å². The maximum atomic E-state index is 13.4. The van der Waals surface area contributed by atoms with Gasteiger partial charge in [-0.05, 0) is 66.5 Å². The Balaban J connectivity index is 1.23. The van der Waals surface area contributed by atoms with Crippen LogP contribution < -0.4 is 4.90 Å². The van der Waals surface area contributed by atoms with E-state index in [-0.39, 0.29) is 34.6 Å². The van der Waals surface area contributed by atoms with Crippen molar-refractivity contribution in [2.45, 2.75) is 24.7 Å². The third-order valence-electron chi connectivity index (χ3n) is 6.83. The van der Waals surface area contributed by atoms with Gasteiger partial charge in [0.2, 0.25) is 15.9 Å². The summed E-state index contributed by atoms with van der Waals surface area (Å²) in [6.45, 7) is 4.55. The fourth-order valence-electron chi connectivity index (χ4n) is 4.84. The minimum atomic E-state index is -3.84. The molecule has 3 aromatic rings. The molecule has 0 bridgehead atoms. The van der Waals surface area contributed by atoms with Crippen molar-refractivity contribution in [3.8, 4) is 0 Å². The van der Waals surface area contributed by atoms with Gasteiger partial charge in [-0.3, -0.25) is 9.59 Å². The first-order valence-corrected chi connectivity index (χ1v) is 13.1. The third-order valence-corrected chi connectivity index (χ3v) is 8.73. The summed E-state index contributed by atoms with van der Waals surface area (Å²) in [6.07, 6.45) is 1.28. The van der Waals surface area contributed by atoms with Crippen molar-refractivity contribution in [1.82, 2.24) is 19.5 Å². The zero-order valence-electron chi connectivity index (χ0n) is 19.5. The minimum absolute atomic E-state index is 0.00205. The molecule has 5 rings (SSSR count). The molecule has 184 valence electrons. The summed E-state index contributed by atoms with van der Waals surface area (Å²) in [5, 5.41) is 7.50. The molecule has 2 saturated heterocycles. The molecule has 0 radical (unpaired) electrons. The number of Topliss-reactive ketones (excluding diaryl/α,β-unsaturated/α-hetero) is 1. The molecule has 11 heteroatoms. The Morgan fingerprint density at radius 1 is 0.971 bits per heavy atom. The summed E-state index contributed by atoms with van der Waals surface area (Å²) in [7, 11) is -3.84. The van der Waals surface area contributed by atoms with E-state index in [9.17, 15) is 18.0 Å². The van der Waals surface area contributed by atoms with Gasteiger partial charge >= 0.3 is 0 Å². The van der Waals surface area contributed by atoms with Gasteiger partial charge in [-0.15, -0.1) is 0 Å². The molecule has 2 fully saturated rings. The Hall–Kier alpha value is -3.31. The van der Waals surface area contributed by atoms with Gasteiger partial charge < -0.3 is 9.80 Å². The second kappa shape index (κ2) is 9.38. The van der Waals surface area contributed by atoms with Crippen LogP contribution in [0.15, 0.2) is 52.0 Å². The van der Waals surface area contributed by atoms with E-state index in [0.29, 0.717) is 56.6 Å². The van der Waals surface area contributed by atoms with Gasteiger partial charge in [0.15, 0.2) is 11.3 Å². The number of fused-ring (bicyclic) bond motifs is 1. The number of carbonyl (C=O) groups is 2. The zero-order chi connectivity index (χ0) is 24.6. The van der Waals surface area contributed by atoms with E-state index in [1.807, 2.05) is 29.2 Å². The molecule has 1 aromatic heterocycles. The zero-order valence-corrected chi connectivity index (χ0v) is 20.3. The molecule has 10 nitrogen and oxygen atoms in total. The molecular weight excluding hydrogens is 470 g/mol. The quantitative estimate of drug-likeness (QED) is 0.493. The number of hydrogen-bond donors (Lipinski definition) is 0. The maximum Gasteiger partial charge on any atom is 0.245 e. The Labute approximate surface area is 203 Å². The molecule has 2 aromatic carbocycles. The lowest BCUT2D eigenvalue weighted by molar-refractivity contribution is -0.137. The van der Waals surface area contributed by atoms with Crippen LogP contribution in [0.2, 0.25) is 0 Å². The largest absolute Gasteiger partial charge is 0.368 e. The van der Waals surface area contributed by atoms with E-state index in [1.165, 1.54) is 10.4 Å². The number of ketones is 1. The molecule has 0 spiro atoms. The van der Waals surface area contributed by atoms with Crippen molar-refractivity contribution < 1.29 is 22.6 Å². The third kappa shape index (κ3) is 4.53. The second-order valence-electron chi connectivity index (χ2n) is 9.01. The van der Waals surface area contributed by atoms with Crippen LogP contribution in [0.4, 0.5) is 5.69 Å². The normalized spacial score (nSPS) is 19.7. The number of anilines is 1. The Kier molecular flexibility index (Phi) is 6.28. The predicted octanol–water partition coefficient (Wildman–Crippen LogP) is 2.17. The lowest BCUT2D eigenvalue weighted by atomic mass is 9.97. The number of sulfonamides is 1. The standard InChI is InChI=1S/C24H27N5O5S/c1-17(30)18-7-9-20(10-8-18)27-12-14-28(15-13-27)24(31)19-4-3-11-29(16-19)35(32,33)22-6-2-5-21-23(22)26-34-25-21/h2,5-10,19H,3-4,11-16H2,1H3/t19-/m0/s1. The summed E-state index contributed by atoms with van der Waals surface area (Å²) in [4.78, 5) is 28.9. The van der Waals surface area contributed by atoms with Gasteiger partial charge in [0.05, 0.1) is 5.92 Å². The number of nitrogens with zero attached hydrogens (tertiary/aromatic N) is 5. The van der Waals surface area contributed by atoms with Crippen LogP contribution in [0.1, 0.15) is 30.1 Å². The summed E-state index contributed by atoms with van der Waals surface area (Å²) in [5.74, 6) is -0.350. The SMILES string of the molecule is CC(=O)c1ccc(N2CCN(C(=O)[C@H]3CCCN(S(=O)(=O)c4cccc5nonc45)C3)CC2)cc1. The second-order valence-corrected chi connectivity index (χ2v) is 10.9. The first-order valence-electron chi connectivity index (χ1n) is 11.7. The van der Waals surface area contributed by atoms with Crippen LogP contribution >= 0.6 is 0 Å². The maximum absolute atomic E-state index is 13.4. The number of carbonyl (C=O) groups excluding carboxylic acids is 2. The topological polar surface area (TPSA) is 117 Å². The number of benzene rings is 2. The van der Waals surface area contributed by atoms with Crippen molar-refractivity contribution in [2.75, 3.05) is 44.2 Å². The van der Waals surface area contributed by atoms with Gasteiger partial charge in [-0.25, -0.2) is 13.0 Å². The van der Waals surface area contributed by atoms with E-state index in [4.69, 9.17) is 4.63 Å². The Bertz CT molecular complexity index is 1350. The molecule has 2 aliphatic heterocycles. The smallest absolute Gasteiger partial charge is 0.245 e. The number of piperazine rings is 1. The fourth-order valence-corrected chi connectivity index (χ4v) is 6.50. The van der Waals surface area contributed by atoms with Crippen molar-refractivity contribution in [2.24, 2.45) is 5.92 Å². The molecule has 2 aliphatic rings. The van der Waals surface area contributed by atoms with Crippen molar-refractivity contribution in [1.29, 1.82) is 0 Å². The molecule has 1 amide bonds. The number of rotatable bonds is 5.